The summed E-state index contributed by atoms with van der Waals surface area (Å²) in [5, 5.41) is 0. The molecule has 3 aliphatic heterocycles. The minimum atomic E-state index is -1.63. The second-order valence-corrected chi connectivity index (χ2v) is 11.4. The number of ether oxygens (including phenoxy) is 3. The first-order chi connectivity index (χ1) is 16.4. The quantitative estimate of drug-likeness (QED) is 0.299. The lowest BCUT2D eigenvalue weighted by Crippen LogP contribution is -2.61. The molecule has 2 bridgehead atoms. The van der Waals surface area contributed by atoms with Crippen LogP contribution in [-0.2, 0) is 20.2 Å². The highest BCUT2D eigenvalue weighted by Crippen LogP contribution is 2.53. The Bertz CT molecular complexity index is 796. The third kappa shape index (κ3) is 4.67. The summed E-state index contributed by atoms with van der Waals surface area (Å²) in [7, 11) is 0. The monoisotopic (exact) mass is 480 g/mol. The largest absolute Gasteiger partial charge is 0.323 e. The maximum absolute atomic E-state index is 13.8. The van der Waals surface area contributed by atoms with Crippen LogP contribution in [0.15, 0.2) is 12.1 Å². The molecule has 3 heterocycles. The number of rotatable bonds is 7. The van der Waals surface area contributed by atoms with Gasteiger partial charge >= 0.3 is 5.97 Å². The van der Waals surface area contributed by atoms with Crippen molar-refractivity contribution in [3.63, 3.8) is 0 Å². The topological polar surface area (TPSA) is 27.7 Å². The van der Waals surface area contributed by atoms with E-state index < -0.39 is 23.4 Å². The van der Waals surface area contributed by atoms with Gasteiger partial charge in [0.2, 0.25) is 0 Å². The molecule has 0 radical (unpaired) electrons. The van der Waals surface area contributed by atoms with Gasteiger partial charge in [-0.2, -0.15) is 0 Å². The Morgan fingerprint density at radius 2 is 1.29 bits per heavy atom. The minimum Gasteiger partial charge on any atom is -0.323 e. The zero-order valence-electron chi connectivity index (χ0n) is 20.4. The van der Waals surface area contributed by atoms with Gasteiger partial charge in [-0.25, -0.2) is 13.2 Å². The van der Waals surface area contributed by atoms with Gasteiger partial charge < -0.3 is 14.2 Å². The first kappa shape index (κ1) is 24.6. The summed E-state index contributed by atoms with van der Waals surface area (Å²) in [6.07, 6.45) is 16.0. The highest BCUT2D eigenvalue weighted by molar-refractivity contribution is 5.23. The Morgan fingerprint density at radius 3 is 1.82 bits per heavy atom. The maximum Gasteiger partial charge on any atom is 0.312 e. The van der Waals surface area contributed by atoms with Crippen molar-refractivity contribution in [1.82, 2.24) is 0 Å². The normalized spacial score (nSPS) is 38.2. The van der Waals surface area contributed by atoms with Gasteiger partial charge in [0, 0.05) is 11.0 Å². The van der Waals surface area contributed by atoms with Gasteiger partial charge in [-0.05, 0) is 74.3 Å². The fraction of sp³-hybridized carbons (Fsp3) is 0.786. The van der Waals surface area contributed by atoms with Crippen molar-refractivity contribution in [2.75, 3.05) is 19.8 Å². The van der Waals surface area contributed by atoms with Crippen LogP contribution in [0.1, 0.15) is 89.5 Å². The van der Waals surface area contributed by atoms with Crippen LogP contribution in [0.25, 0.3) is 0 Å². The lowest BCUT2D eigenvalue weighted by Gasteiger charge is -2.56. The van der Waals surface area contributed by atoms with Crippen LogP contribution >= 0.6 is 0 Å². The summed E-state index contributed by atoms with van der Waals surface area (Å²) < 4.78 is 58.8. The van der Waals surface area contributed by atoms with Gasteiger partial charge in [0.15, 0.2) is 17.5 Å². The summed E-state index contributed by atoms with van der Waals surface area (Å²) in [6.45, 7) is 3.59. The molecule has 3 saturated heterocycles. The lowest BCUT2D eigenvalue weighted by molar-refractivity contribution is -0.486. The van der Waals surface area contributed by atoms with Crippen molar-refractivity contribution in [2.24, 2.45) is 29.1 Å². The molecule has 34 heavy (non-hydrogen) atoms. The Labute approximate surface area is 201 Å². The fourth-order valence-electron chi connectivity index (χ4n) is 7.14. The third-order valence-electron chi connectivity index (χ3n) is 9.40. The maximum atomic E-state index is 13.8. The van der Waals surface area contributed by atoms with E-state index in [1.807, 2.05) is 0 Å². The fourth-order valence-corrected chi connectivity index (χ4v) is 7.14. The average Bonchev–Trinajstić information content (AvgIpc) is 2.89. The van der Waals surface area contributed by atoms with Gasteiger partial charge in [0.05, 0.1) is 19.8 Å². The molecular formula is C28H39F3O3. The number of benzene rings is 1. The zero-order chi connectivity index (χ0) is 23.8. The van der Waals surface area contributed by atoms with Gasteiger partial charge in [0.25, 0.3) is 0 Å². The van der Waals surface area contributed by atoms with E-state index in [1.54, 1.807) is 0 Å². The average molecular weight is 481 g/mol. The molecule has 190 valence electrons. The number of halogens is 3. The van der Waals surface area contributed by atoms with Crippen molar-refractivity contribution in [3.8, 4) is 0 Å². The van der Waals surface area contributed by atoms with Crippen LogP contribution in [0, 0.1) is 46.5 Å². The van der Waals surface area contributed by atoms with E-state index in [-0.39, 0.29) is 11.0 Å². The van der Waals surface area contributed by atoms with Crippen molar-refractivity contribution < 1.29 is 27.4 Å². The van der Waals surface area contributed by atoms with Crippen LogP contribution in [0.3, 0.4) is 0 Å². The third-order valence-corrected chi connectivity index (χ3v) is 9.40. The van der Waals surface area contributed by atoms with E-state index in [0.717, 1.165) is 42.7 Å². The van der Waals surface area contributed by atoms with Crippen molar-refractivity contribution in [1.29, 1.82) is 0 Å². The van der Waals surface area contributed by atoms with Gasteiger partial charge in [-0.1, -0.05) is 45.4 Å². The van der Waals surface area contributed by atoms with Crippen molar-refractivity contribution >= 4 is 0 Å². The lowest BCUT2D eigenvalue weighted by atomic mass is 9.63. The Hall–Kier alpha value is -1.11. The highest BCUT2D eigenvalue weighted by Gasteiger charge is 2.57. The van der Waals surface area contributed by atoms with E-state index in [4.69, 9.17) is 14.2 Å². The van der Waals surface area contributed by atoms with Gasteiger partial charge in [0.1, 0.15) is 0 Å². The van der Waals surface area contributed by atoms with Crippen LogP contribution in [0.4, 0.5) is 13.2 Å². The molecule has 0 atom stereocenters. The zero-order valence-corrected chi connectivity index (χ0v) is 20.4. The first-order valence-corrected chi connectivity index (χ1v) is 13.5. The molecule has 1 aromatic carbocycles. The van der Waals surface area contributed by atoms with E-state index in [1.165, 1.54) is 64.2 Å². The van der Waals surface area contributed by atoms with E-state index in [0.29, 0.717) is 25.7 Å². The molecule has 5 fully saturated rings. The van der Waals surface area contributed by atoms with Gasteiger partial charge in [-0.3, -0.25) is 0 Å². The predicted octanol–water partition coefficient (Wildman–Crippen LogP) is 7.47. The highest BCUT2D eigenvalue weighted by atomic mass is 19.2. The van der Waals surface area contributed by atoms with Crippen LogP contribution in [-0.4, -0.2) is 19.8 Å². The van der Waals surface area contributed by atoms with E-state index in [2.05, 4.69) is 6.92 Å². The molecule has 5 aliphatic rings. The van der Waals surface area contributed by atoms with Crippen molar-refractivity contribution in [3.05, 3.63) is 35.1 Å². The second-order valence-electron chi connectivity index (χ2n) is 11.4. The first-order valence-electron chi connectivity index (χ1n) is 13.5. The van der Waals surface area contributed by atoms with E-state index in [9.17, 15) is 13.2 Å². The van der Waals surface area contributed by atoms with Gasteiger partial charge in [-0.15, -0.1) is 0 Å². The molecule has 3 nitrogen and oxygen atoms in total. The van der Waals surface area contributed by atoms with Crippen LogP contribution < -0.4 is 0 Å². The smallest absolute Gasteiger partial charge is 0.312 e. The minimum absolute atomic E-state index is 0.0335. The Balaban J connectivity index is 1.13. The number of hydrogen-bond acceptors (Lipinski definition) is 3. The summed E-state index contributed by atoms with van der Waals surface area (Å²) in [6, 6.07) is 1.81. The SMILES string of the molecule is CCCCCC1CCC(C2CCC(C34COC(c5cc(F)c(F)c(F)c5)(OC3)OC4)CC2)CC1. The molecular weight excluding hydrogens is 441 g/mol. The van der Waals surface area contributed by atoms with Crippen molar-refractivity contribution in [2.45, 2.75) is 89.9 Å². The number of fused-ring (bicyclic) bond motifs is 3. The molecule has 0 N–H and O–H groups in total. The second kappa shape index (κ2) is 10.1. The Morgan fingerprint density at radius 1 is 0.765 bits per heavy atom. The summed E-state index contributed by atoms with van der Waals surface area (Å²) in [4.78, 5) is 0. The molecule has 0 amide bonds. The summed E-state index contributed by atoms with van der Waals surface area (Å²) in [5.41, 5.74) is -0.174. The predicted molar refractivity (Wildman–Crippen MR) is 123 cm³/mol. The number of unbranched alkanes of at least 4 members (excludes halogenated alkanes) is 2. The van der Waals surface area contributed by atoms with Crippen LogP contribution in [0.5, 0.6) is 0 Å². The van der Waals surface area contributed by atoms with E-state index >= 15 is 0 Å². The molecule has 0 unspecified atom stereocenters. The number of hydrogen-bond donors (Lipinski definition) is 0. The standard InChI is InChI=1S/C28H39F3O3/c1-2-3-4-5-19-6-8-20(9-7-19)21-10-12-22(13-11-21)27-16-32-28(33-17-27,34-18-27)23-14-24(29)26(31)25(30)15-23/h14-15,19-22H,2-13,16-18H2,1H3. The molecule has 0 aromatic heterocycles. The summed E-state index contributed by atoms with van der Waals surface area (Å²) in [5.74, 6) is -2.52. The summed E-state index contributed by atoms with van der Waals surface area (Å²) >= 11 is 0. The molecule has 0 spiro atoms. The molecule has 2 saturated carbocycles. The molecule has 6 heteroatoms. The van der Waals surface area contributed by atoms with Crippen LogP contribution in [0.2, 0.25) is 0 Å². The molecule has 1 aromatic rings. The molecule has 2 aliphatic carbocycles. The molecule has 6 rings (SSSR count). The Kier molecular flexibility index (Phi) is 7.30.